The third-order valence-electron chi connectivity index (χ3n) is 2.58. The fraction of sp³-hybridized carbons (Fsp3) is 0.0667. The fourth-order valence-electron chi connectivity index (χ4n) is 1.64. The second-order valence-corrected chi connectivity index (χ2v) is 5.22. The van der Waals surface area contributed by atoms with Gasteiger partial charge < -0.3 is 5.11 Å². The molecule has 0 atom stereocenters. The van der Waals surface area contributed by atoms with Crippen LogP contribution in [0.1, 0.15) is 11.1 Å². The Morgan fingerprint density at radius 1 is 1.20 bits per heavy atom. The first-order valence-electron chi connectivity index (χ1n) is 5.77. The van der Waals surface area contributed by atoms with Gasteiger partial charge in [-0.15, -0.1) is 0 Å². The SMILES string of the molecule is N#Cc1ccc(Sc2ccc(CC(=O)O)cc2)cc1F. The van der Waals surface area contributed by atoms with Crippen molar-refractivity contribution in [3.05, 3.63) is 59.4 Å². The molecule has 0 aromatic heterocycles. The Morgan fingerprint density at radius 2 is 1.85 bits per heavy atom. The molecule has 0 aliphatic heterocycles. The van der Waals surface area contributed by atoms with E-state index in [2.05, 4.69) is 0 Å². The molecule has 0 amide bonds. The number of carboxylic acids is 1. The number of nitriles is 1. The molecule has 2 aromatic rings. The molecule has 1 N–H and O–H groups in total. The summed E-state index contributed by atoms with van der Waals surface area (Å²) in [6, 6.07) is 13.3. The van der Waals surface area contributed by atoms with E-state index in [0.29, 0.717) is 10.5 Å². The van der Waals surface area contributed by atoms with E-state index in [4.69, 9.17) is 10.4 Å². The number of hydrogen-bond acceptors (Lipinski definition) is 3. The number of nitrogens with zero attached hydrogens (tertiary/aromatic N) is 1. The third-order valence-corrected chi connectivity index (χ3v) is 3.57. The largest absolute Gasteiger partial charge is 0.481 e. The molecule has 0 unspecified atom stereocenters. The van der Waals surface area contributed by atoms with Gasteiger partial charge in [-0.05, 0) is 35.9 Å². The lowest BCUT2D eigenvalue weighted by molar-refractivity contribution is -0.136. The average molecular weight is 287 g/mol. The smallest absolute Gasteiger partial charge is 0.307 e. The molecule has 0 saturated carbocycles. The number of carbonyl (C=O) groups is 1. The van der Waals surface area contributed by atoms with Crippen molar-refractivity contribution < 1.29 is 14.3 Å². The summed E-state index contributed by atoms with van der Waals surface area (Å²) in [5, 5.41) is 17.3. The highest BCUT2D eigenvalue weighted by atomic mass is 32.2. The summed E-state index contributed by atoms with van der Waals surface area (Å²) in [4.78, 5) is 12.1. The van der Waals surface area contributed by atoms with Gasteiger partial charge in [-0.25, -0.2) is 4.39 Å². The third kappa shape index (κ3) is 3.59. The molecule has 0 fully saturated rings. The van der Waals surface area contributed by atoms with Crippen molar-refractivity contribution in [3.63, 3.8) is 0 Å². The van der Waals surface area contributed by atoms with E-state index in [1.807, 2.05) is 0 Å². The Hall–Kier alpha value is -2.32. The van der Waals surface area contributed by atoms with Gasteiger partial charge in [0.1, 0.15) is 11.9 Å². The summed E-state index contributed by atoms with van der Waals surface area (Å²) >= 11 is 1.35. The average Bonchev–Trinajstić information content (AvgIpc) is 2.41. The number of halogens is 1. The molecule has 3 nitrogen and oxygen atoms in total. The Bertz CT molecular complexity index is 677. The van der Waals surface area contributed by atoms with Gasteiger partial charge in [0.05, 0.1) is 12.0 Å². The summed E-state index contributed by atoms with van der Waals surface area (Å²) in [5.74, 6) is -1.42. The highest BCUT2D eigenvalue weighted by Gasteiger charge is 2.05. The van der Waals surface area contributed by atoms with E-state index in [0.717, 1.165) is 4.90 Å². The molecular formula is C15H10FNO2S. The van der Waals surface area contributed by atoms with E-state index in [1.165, 1.54) is 23.9 Å². The number of rotatable bonds is 4. The second kappa shape index (κ2) is 6.22. The zero-order valence-corrected chi connectivity index (χ0v) is 11.2. The number of benzene rings is 2. The first-order chi connectivity index (χ1) is 9.58. The monoisotopic (exact) mass is 287 g/mol. The van der Waals surface area contributed by atoms with Crippen molar-refractivity contribution in [1.29, 1.82) is 5.26 Å². The molecule has 0 radical (unpaired) electrons. The van der Waals surface area contributed by atoms with Gasteiger partial charge in [0, 0.05) is 9.79 Å². The van der Waals surface area contributed by atoms with Crippen molar-refractivity contribution in [2.45, 2.75) is 16.2 Å². The van der Waals surface area contributed by atoms with Gasteiger partial charge in [0.2, 0.25) is 0 Å². The number of hydrogen-bond donors (Lipinski definition) is 1. The molecule has 2 rings (SSSR count). The number of aliphatic carboxylic acids is 1. The lowest BCUT2D eigenvalue weighted by Gasteiger charge is -2.04. The minimum Gasteiger partial charge on any atom is -0.481 e. The molecule has 0 saturated heterocycles. The first kappa shape index (κ1) is 14.1. The van der Waals surface area contributed by atoms with Crippen LogP contribution in [-0.2, 0) is 11.2 Å². The fourth-order valence-corrected chi connectivity index (χ4v) is 2.48. The Morgan fingerprint density at radius 3 is 2.40 bits per heavy atom. The van der Waals surface area contributed by atoms with Gasteiger partial charge >= 0.3 is 5.97 Å². The van der Waals surface area contributed by atoms with E-state index in [9.17, 15) is 9.18 Å². The lowest BCUT2D eigenvalue weighted by atomic mass is 10.2. The zero-order chi connectivity index (χ0) is 14.5. The van der Waals surface area contributed by atoms with E-state index in [1.54, 1.807) is 36.4 Å². The van der Waals surface area contributed by atoms with E-state index >= 15 is 0 Å². The maximum Gasteiger partial charge on any atom is 0.307 e. The van der Waals surface area contributed by atoms with Crippen LogP contribution >= 0.6 is 11.8 Å². The standard InChI is InChI=1S/C15H10FNO2S/c16-14-8-13(6-3-11(14)9-17)20-12-4-1-10(2-5-12)7-15(18)19/h1-6,8H,7H2,(H,18,19). The Kier molecular flexibility index (Phi) is 4.38. The van der Waals surface area contributed by atoms with Crippen LogP contribution in [0.2, 0.25) is 0 Å². The van der Waals surface area contributed by atoms with Crippen molar-refractivity contribution >= 4 is 17.7 Å². The van der Waals surface area contributed by atoms with Crippen molar-refractivity contribution in [2.24, 2.45) is 0 Å². The quantitative estimate of drug-likeness (QED) is 0.935. The summed E-state index contributed by atoms with van der Waals surface area (Å²) in [7, 11) is 0. The molecule has 0 aliphatic carbocycles. The van der Waals surface area contributed by atoms with Gasteiger partial charge in [-0.3, -0.25) is 4.79 Å². The van der Waals surface area contributed by atoms with Crippen LogP contribution in [0.3, 0.4) is 0 Å². The number of carboxylic acid groups (broad SMARTS) is 1. The van der Waals surface area contributed by atoms with Crippen LogP contribution in [0.4, 0.5) is 4.39 Å². The second-order valence-electron chi connectivity index (χ2n) is 4.07. The molecular weight excluding hydrogens is 277 g/mol. The van der Waals surface area contributed by atoms with Crippen LogP contribution in [-0.4, -0.2) is 11.1 Å². The normalized spacial score (nSPS) is 10.0. The lowest BCUT2D eigenvalue weighted by Crippen LogP contribution is -1.99. The van der Waals surface area contributed by atoms with Gasteiger partial charge in [-0.1, -0.05) is 23.9 Å². The molecule has 2 aromatic carbocycles. The topological polar surface area (TPSA) is 61.1 Å². The molecule has 20 heavy (non-hydrogen) atoms. The predicted octanol–water partition coefficient (Wildman–Crippen LogP) is 3.48. The van der Waals surface area contributed by atoms with E-state index in [-0.39, 0.29) is 12.0 Å². The molecule has 0 spiro atoms. The highest BCUT2D eigenvalue weighted by Crippen LogP contribution is 2.29. The maximum atomic E-state index is 13.5. The van der Waals surface area contributed by atoms with Gasteiger partial charge in [0.25, 0.3) is 0 Å². The predicted molar refractivity (Wildman–Crippen MR) is 73.0 cm³/mol. The van der Waals surface area contributed by atoms with Gasteiger partial charge in [0.15, 0.2) is 0 Å². The van der Waals surface area contributed by atoms with Crippen LogP contribution in [0.15, 0.2) is 52.3 Å². The molecule has 0 heterocycles. The highest BCUT2D eigenvalue weighted by molar-refractivity contribution is 7.99. The van der Waals surface area contributed by atoms with Crippen LogP contribution in [0, 0.1) is 17.1 Å². The molecule has 100 valence electrons. The first-order valence-corrected chi connectivity index (χ1v) is 6.58. The van der Waals surface area contributed by atoms with Crippen LogP contribution in [0.25, 0.3) is 0 Å². The van der Waals surface area contributed by atoms with Crippen LogP contribution < -0.4 is 0 Å². The molecule has 5 heteroatoms. The maximum absolute atomic E-state index is 13.5. The Labute approximate surface area is 119 Å². The Balaban J connectivity index is 2.12. The zero-order valence-electron chi connectivity index (χ0n) is 10.3. The van der Waals surface area contributed by atoms with Crippen molar-refractivity contribution in [2.75, 3.05) is 0 Å². The van der Waals surface area contributed by atoms with E-state index < -0.39 is 11.8 Å². The summed E-state index contributed by atoms with van der Waals surface area (Å²) in [5.41, 5.74) is 0.735. The van der Waals surface area contributed by atoms with Crippen LogP contribution in [0.5, 0.6) is 0 Å². The van der Waals surface area contributed by atoms with Gasteiger partial charge in [-0.2, -0.15) is 5.26 Å². The van der Waals surface area contributed by atoms with Crippen molar-refractivity contribution in [1.82, 2.24) is 0 Å². The summed E-state index contributed by atoms with van der Waals surface area (Å²) in [6.45, 7) is 0. The minimum absolute atomic E-state index is 0.0174. The summed E-state index contributed by atoms with van der Waals surface area (Å²) in [6.07, 6.45) is -0.0174. The molecule has 0 bridgehead atoms. The molecule has 0 aliphatic rings. The summed E-state index contributed by atoms with van der Waals surface area (Å²) < 4.78 is 13.5. The minimum atomic E-state index is -0.875. The van der Waals surface area contributed by atoms with Crippen molar-refractivity contribution in [3.8, 4) is 6.07 Å².